The van der Waals surface area contributed by atoms with Crippen LogP contribution in [0.15, 0.2) is 65.3 Å². The monoisotopic (exact) mass is 622 g/mol. The van der Waals surface area contributed by atoms with E-state index in [1.54, 1.807) is 15.8 Å². The highest BCUT2D eigenvalue weighted by Crippen LogP contribution is 2.46. The fourth-order valence-corrected chi connectivity index (χ4v) is 5.77. The molecule has 0 saturated carbocycles. The summed E-state index contributed by atoms with van der Waals surface area (Å²) >= 11 is 3.50. The molecule has 2 aliphatic rings. The maximum absolute atomic E-state index is 13.8. The number of halogens is 1. The van der Waals surface area contributed by atoms with Gasteiger partial charge in [0.05, 0.1) is 24.0 Å². The molecule has 216 valence electrons. The van der Waals surface area contributed by atoms with E-state index < -0.39 is 11.5 Å². The molecule has 0 bridgehead atoms. The summed E-state index contributed by atoms with van der Waals surface area (Å²) < 4.78 is 2.49. The number of hydrogen-bond donors (Lipinski definition) is 4. The molecule has 4 N–H and O–H groups in total. The van der Waals surface area contributed by atoms with Crippen molar-refractivity contribution in [3.63, 3.8) is 0 Å². The molecule has 0 radical (unpaired) electrons. The molecule has 0 unspecified atom stereocenters. The number of rotatable bonds is 11. The van der Waals surface area contributed by atoms with Crippen LogP contribution in [0.4, 0.5) is 11.4 Å². The predicted octanol–water partition coefficient (Wildman–Crippen LogP) is 3.28. The summed E-state index contributed by atoms with van der Waals surface area (Å²) in [4.78, 5) is 27.9. The van der Waals surface area contributed by atoms with Crippen LogP contribution in [-0.4, -0.2) is 56.2 Å². The van der Waals surface area contributed by atoms with Crippen LogP contribution in [-0.2, 0) is 34.7 Å². The van der Waals surface area contributed by atoms with Crippen LogP contribution in [0, 0.1) is 5.92 Å². The van der Waals surface area contributed by atoms with E-state index in [4.69, 9.17) is 5.11 Å². The molecule has 3 heterocycles. The average Bonchev–Trinajstić information content (AvgIpc) is 3.70. The minimum atomic E-state index is -1.72. The normalized spacial score (nSPS) is 21.0. The number of nitrogens with zero attached hydrogens (tertiary/aromatic N) is 4. The van der Waals surface area contributed by atoms with Crippen molar-refractivity contribution < 1.29 is 19.8 Å². The first kappa shape index (κ1) is 29.1. The minimum Gasteiger partial charge on any atom is -0.396 e. The zero-order chi connectivity index (χ0) is 29.0. The number of hydrogen-bond acceptors (Lipinski definition) is 7. The second-order valence-electron chi connectivity index (χ2n) is 10.6. The van der Waals surface area contributed by atoms with Gasteiger partial charge in [-0.15, -0.1) is 5.10 Å². The SMILES string of the molecule is C[C@@H](/C=C/CCn1cc(CCO)nn1)[C@]1(O)C(=O)N(Cc2ccc(NC(=O)[C@H]3CCCN3)cc2)c2ccc(Br)cc21. The number of allylic oxidation sites excluding steroid dienone is 1. The van der Waals surface area contributed by atoms with Crippen LogP contribution in [0.1, 0.15) is 43.0 Å². The molecule has 5 rings (SSSR count). The van der Waals surface area contributed by atoms with Crippen molar-refractivity contribution in [1.29, 1.82) is 0 Å². The van der Waals surface area contributed by atoms with Gasteiger partial charge in [-0.1, -0.05) is 52.4 Å². The van der Waals surface area contributed by atoms with E-state index >= 15 is 0 Å². The number of aryl methyl sites for hydroxylation is 1. The molecule has 3 atom stereocenters. The number of carbonyl (C=O) groups excluding carboxylic acids is 2. The molecule has 1 fully saturated rings. The standard InChI is InChI=1S/C30H35BrN6O4/c1-20(5-2-3-15-36-19-24(13-16-38)34-35-36)30(41)25-17-22(31)9-12-27(25)37(29(30)40)18-21-7-10-23(11-8-21)33-28(39)26-6-4-14-32-26/h2,5,7-12,17,19-20,26,32,38,41H,3-4,6,13-16,18H2,1H3,(H,33,39)/b5-2+/t20-,26+,30+/m0/s1. The van der Waals surface area contributed by atoms with Gasteiger partial charge in [-0.2, -0.15) is 0 Å². The minimum absolute atomic E-state index is 0.0269. The van der Waals surface area contributed by atoms with Gasteiger partial charge in [-0.25, -0.2) is 0 Å². The van der Waals surface area contributed by atoms with Crippen molar-refractivity contribution >= 4 is 39.1 Å². The van der Waals surface area contributed by atoms with E-state index in [1.165, 1.54) is 0 Å². The molecule has 41 heavy (non-hydrogen) atoms. The lowest BCUT2D eigenvalue weighted by Gasteiger charge is -2.27. The Morgan fingerprint density at radius 3 is 2.83 bits per heavy atom. The highest BCUT2D eigenvalue weighted by molar-refractivity contribution is 9.10. The lowest BCUT2D eigenvalue weighted by molar-refractivity contribution is -0.139. The van der Waals surface area contributed by atoms with Crippen LogP contribution in [0.3, 0.4) is 0 Å². The second-order valence-corrected chi connectivity index (χ2v) is 11.5. The van der Waals surface area contributed by atoms with Crippen molar-refractivity contribution in [2.75, 3.05) is 23.4 Å². The van der Waals surface area contributed by atoms with Gasteiger partial charge >= 0.3 is 0 Å². The number of aliphatic hydroxyl groups is 2. The maximum atomic E-state index is 13.8. The lowest BCUT2D eigenvalue weighted by Crippen LogP contribution is -2.44. The molecule has 2 aromatic carbocycles. The first-order chi connectivity index (χ1) is 19.8. The largest absolute Gasteiger partial charge is 0.396 e. The summed E-state index contributed by atoms with van der Waals surface area (Å²) in [5.74, 6) is -0.905. The Labute approximate surface area is 247 Å². The van der Waals surface area contributed by atoms with Gasteiger partial charge in [0.1, 0.15) is 0 Å². The summed E-state index contributed by atoms with van der Waals surface area (Å²) in [7, 11) is 0. The van der Waals surface area contributed by atoms with Crippen molar-refractivity contribution in [2.45, 2.75) is 57.3 Å². The highest BCUT2D eigenvalue weighted by Gasteiger charge is 2.52. The Morgan fingerprint density at radius 2 is 2.10 bits per heavy atom. The summed E-state index contributed by atoms with van der Waals surface area (Å²) in [6.45, 7) is 3.60. The van der Waals surface area contributed by atoms with E-state index in [2.05, 4.69) is 36.9 Å². The van der Waals surface area contributed by atoms with E-state index in [9.17, 15) is 14.7 Å². The molecule has 10 nitrogen and oxygen atoms in total. The van der Waals surface area contributed by atoms with E-state index in [-0.39, 0.29) is 31.0 Å². The number of benzene rings is 2. The number of aromatic nitrogens is 3. The van der Waals surface area contributed by atoms with E-state index in [1.807, 2.05) is 61.5 Å². The Hall–Kier alpha value is -3.38. The number of aliphatic hydroxyl groups excluding tert-OH is 1. The van der Waals surface area contributed by atoms with Gasteiger partial charge in [-0.05, 0) is 61.7 Å². The number of anilines is 2. The van der Waals surface area contributed by atoms with Crippen LogP contribution >= 0.6 is 15.9 Å². The highest BCUT2D eigenvalue weighted by atomic mass is 79.9. The van der Waals surface area contributed by atoms with Crippen LogP contribution in [0.2, 0.25) is 0 Å². The van der Waals surface area contributed by atoms with Crippen molar-refractivity contribution in [1.82, 2.24) is 20.3 Å². The van der Waals surface area contributed by atoms with Gasteiger partial charge in [0.2, 0.25) is 5.91 Å². The third kappa shape index (κ3) is 6.28. The van der Waals surface area contributed by atoms with Crippen molar-refractivity contribution in [3.8, 4) is 0 Å². The summed E-state index contributed by atoms with van der Waals surface area (Å²) in [5.41, 5.74) is 1.83. The smallest absolute Gasteiger partial charge is 0.264 e. The van der Waals surface area contributed by atoms with Gasteiger partial charge in [0.15, 0.2) is 5.60 Å². The van der Waals surface area contributed by atoms with E-state index in [0.717, 1.165) is 35.1 Å². The van der Waals surface area contributed by atoms with Gasteiger partial charge in [-0.3, -0.25) is 14.3 Å². The Kier molecular flexibility index (Phi) is 8.98. The Balaban J connectivity index is 1.27. The number of carbonyl (C=O) groups is 2. The van der Waals surface area contributed by atoms with Crippen LogP contribution in [0.5, 0.6) is 0 Å². The topological polar surface area (TPSA) is 133 Å². The molecule has 0 spiro atoms. The van der Waals surface area contributed by atoms with Crippen LogP contribution < -0.4 is 15.5 Å². The summed E-state index contributed by atoms with van der Waals surface area (Å²) in [6, 6.07) is 12.8. The third-order valence-corrected chi connectivity index (χ3v) is 8.23. The van der Waals surface area contributed by atoms with Crippen molar-refractivity contribution in [3.05, 3.63) is 82.1 Å². The second kappa shape index (κ2) is 12.6. The maximum Gasteiger partial charge on any atom is 0.264 e. The van der Waals surface area contributed by atoms with Crippen molar-refractivity contribution in [2.24, 2.45) is 5.92 Å². The van der Waals surface area contributed by atoms with Crippen LogP contribution in [0.25, 0.3) is 0 Å². The molecular weight excluding hydrogens is 588 g/mol. The molecular formula is C30H35BrN6O4. The van der Waals surface area contributed by atoms with Gasteiger partial charge < -0.3 is 25.7 Å². The third-order valence-electron chi connectivity index (χ3n) is 7.73. The van der Waals surface area contributed by atoms with Gasteiger partial charge in [0.25, 0.3) is 5.91 Å². The fraction of sp³-hybridized carbons (Fsp3) is 0.400. The molecule has 1 aromatic heterocycles. The summed E-state index contributed by atoms with van der Waals surface area (Å²) in [5, 5.41) is 35.2. The fourth-order valence-electron chi connectivity index (χ4n) is 5.41. The molecule has 2 aliphatic heterocycles. The molecule has 1 saturated heterocycles. The lowest BCUT2D eigenvalue weighted by atomic mass is 9.83. The molecule has 11 heteroatoms. The van der Waals surface area contributed by atoms with Gasteiger partial charge in [0, 0.05) is 47.4 Å². The number of fused-ring (bicyclic) bond motifs is 1. The Morgan fingerprint density at radius 1 is 1.29 bits per heavy atom. The Bertz CT molecular complexity index is 1420. The molecule has 2 amide bonds. The zero-order valence-corrected chi connectivity index (χ0v) is 24.5. The first-order valence-electron chi connectivity index (χ1n) is 13.9. The molecule has 3 aromatic rings. The number of amides is 2. The number of nitrogens with one attached hydrogen (secondary N) is 2. The van der Waals surface area contributed by atoms with E-state index in [0.29, 0.717) is 36.3 Å². The zero-order valence-electron chi connectivity index (χ0n) is 23.0. The summed E-state index contributed by atoms with van der Waals surface area (Å²) in [6.07, 6.45) is 8.56. The predicted molar refractivity (Wildman–Crippen MR) is 159 cm³/mol. The molecule has 0 aliphatic carbocycles. The average molecular weight is 624 g/mol. The quantitative estimate of drug-likeness (QED) is 0.241. The first-order valence-corrected chi connectivity index (χ1v) is 14.7.